The largest absolute Gasteiger partial charge is 0.420 e. The Morgan fingerprint density at radius 3 is 2.10 bits per heavy atom. The van der Waals surface area contributed by atoms with Gasteiger partial charge in [0.2, 0.25) is 29.2 Å². The molecule has 4 rings (SSSR count). The van der Waals surface area contributed by atoms with Crippen molar-refractivity contribution in [1.29, 1.82) is 0 Å². The van der Waals surface area contributed by atoms with Crippen LogP contribution in [0.1, 0.15) is 82.9 Å². The molecule has 8 nitrogen and oxygen atoms in total. The molecule has 2 amide bonds. The first-order valence-corrected chi connectivity index (χ1v) is 16.9. The molecule has 274 valence electrons. The Balaban J connectivity index is 1.13. The summed E-state index contributed by atoms with van der Waals surface area (Å²) in [4.78, 5) is 39.8. The Bertz CT molecular complexity index is 1720. The maximum atomic E-state index is 13.8. The summed E-state index contributed by atoms with van der Waals surface area (Å²) in [5, 5.41) is 2.90. The summed E-state index contributed by atoms with van der Waals surface area (Å²) >= 11 is 0. The second kappa shape index (κ2) is 17.6. The Hall–Kier alpha value is -4.55. The summed E-state index contributed by atoms with van der Waals surface area (Å²) in [6, 6.07) is 15.8. The van der Waals surface area contributed by atoms with Crippen LogP contribution in [0.4, 0.5) is 23.2 Å². The van der Waals surface area contributed by atoms with Crippen molar-refractivity contribution in [2.24, 2.45) is 0 Å². The molecule has 3 aromatic rings. The topological polar surface area (TPSA) is 94.2 Å². The third kappa shape index (κ3) is 11.5. The Labute approximate surface area is 295 Å². The number of carbonyl (C=O) groups is 3. The van der Waals surface area contributed by atoms with E-state index in [1.54, 1.807) is 18.7 Å². The first-order valence-electron chi connectivity index (χ1n) is 16.9. The molecule has 0 saturated carbocycles. The number of nitrogens with one attached hydrogen (secondary N) is 1. The second-order valence-electron chi connectivity index (χ2n) is 13.5. The molecule has 1 N–H and O–H groups in total. The number of carbonyl (C=O) groups excluding carboxylic acids is 3. The van der Waals surface area contributed by atoms with Crippen molar-refractivity contribution >= 4 is 35.6 Å². The van der Waals surface area contributed by atoms with Gasteiger partial charge in [-0.3, -0.25) is 14.4 Å². The molecule has 0 atom stereocenters. The van der Waals surface area contributed by atoms with Crippen molar-refractivity contribution in [3.8, 4) is 5.75 Å². The smallest absolute Gasteiger partial charge is 0.313 e. The van der Waals surface area contributed by atoms with Crippen LogP contribution in [0.5, 0.6) is 5.75 Å². The molecule has 1 aliphatic heterocycles. The van der Waals surface area contributed by atoms with Crippen LogP contribution >= 0.6 is 0 Å². The molecule has 1 heterocycles. The molecule has 0 saturated heterocycles. The number of esters is 1. The number of para-hydroxylation sites is 1. The van der Waals surface area contributed by atoms with Crippen molar-refractivity contribution in [2.75, 3.05) is 24.7 Å². The minimum Gasteiger partial charge on any atom is -0.420 e. The number of anilines is 1. The van der Waals surface area contributed by atoms with Crippen LogP contribution in [-0.4, -0.2) is 48.7 Å². The zero-order valence-corrected chi connectivity index (χ0v) is 29.3. The maximum Gasteiger partial charge on any atom is 0.313 e. The fourth-order valence-electron chi connectivity index (χ4n) is 5.43. The molecule has 0 aliphatic carbocycles. The monoisotopic (exact) mass is 712 g/mol. The zero-order valence-electron chi connectivity index (χ0n) is 29.3. The minimum absolute atomic E-state index is 0.0226. The molecule has 0 bridgehead atoms. The van der Waals surface area contributed by atoms with Gasteiger partial charge in [-0.05, 0) is 69.7 Å². The van der Waals surface area contributed by atoms with E-state index in [0.717, 1.165) is 22.4 Å². The molecule has 12 heteroatoms. The molecule has 0 fully saturated rings. The predicted octanol–water partition coefficient (Wildman–Crippen LogP) is 7.91. The molecule has 0 unspecified atom stereocenters. The van der Waals surface area contributed by atoms with Crippen molar-refractivity contribution in [3.05, 3.63) is 94.6 Å². The lowest BCUT2D eigenvalue weighted by molar-refractivity contribution is -0.138. The Morgan fingerprint density at radius 2 is 1.37 bits per heavy atom. The first-order chi connectivity index (χ1) is 24.2. The number of benzene rings is 3. The number of fused-ring (bicyclic) bond motifs is 2. The lowest BCUT2D eigenvalue weighted by atomic mass is 10.0. The summed E-state index contributed by atoms with van der Waals surface area (Å²) in [6.07, 6.45) is 5.45. The quantitative estimate of drug-likeness (QED) is 0.0703. The number of ether oxygens (including phenoxy) is 3. The summed E-state index contributed by atoms with van der Waals surface area (Å²) < 4.78 is 70.4. The number of hydrogen-bond acceptors (Lipinski definition) is 6. The fourth-order valence-corrected chi connectivity index (χ4v) is 5.43. The maximum absolute atomic E-state index is 13.8. The van der Waals surface area contributed by atoms with Gasteiger partial charge >= 0.3 is 5.97 Å². The molecule has 1 aliphatic rings. The second-order valence-corrected chi connectivity index (χ2v) is 13.5. The Kier molecular flexibility index (Phi) is 13.5. The molecule has 0 aromatic heterocycles. The average Bonchev–Trinajstić information content (AvgIpc) is 3.06. The molecule has 3 aromatic carbocycles. The van der Waals surface area contributed by atoms with Crippen molar-refractivity contribution in [2.45, 2.75) is 84.0 Å². The van der Waals surface area contributed by atoms with Crippen LogP contribution < -0.4 is 15.0 Å². The highest BCUT2D eigenvalue weighted by atomic mass is 19.2. The minimum atomic E-state index is -1.80. The van der Waals surface area contributed by atoms with Crippen molar-refractivity contribution in [1.82, 2.24) is 5.32 Å². The van der Waals surface area contributed by atoms with E-state index in [-0.39, 0.29) is 37.3 Å². The van der Waals surface area contributed by atoms with Gasteiger partial charge in [0.1, 0.15) is 0 Å². The summed E-state index contributed by atoms with van der Waals surface area (Å²) in [7, 11) is 0. The van der Waals surface area contributed by atoms with E-state index in [4.69, 9.17) is 9.47 Å². The van der Waals surface area contributed by atoms with Gasteiger partial charge < -0.3 is 24.4 Å². The molecule has 51 heavy (non-hydrogen) atoms. The lowest BCUT2D eigenvalue weighted by Crippen LogP contribution is -2.35. The number of amides is 2. The normalized spacial score (nSPS) is 13.5. The highest BCUT2D eigenvalue weighted by Crippen LogP contribution is 2.30. The van der Waals surface area contributed by atoms with E-state index in [9.17, 15) is 31.9 Å². The standard InChI is InChI=1S/C39H44F4N2O6/c1-38(2,50-23-20-39(3,4)49-22-18-34(48)51-37-35(42)29(40)24-30(41)36(37)43)19-21-44-32(46)14-9-15-33(47)45-25-28-12-6-5-10-26(28)16-17-27-11-7-8-13-31(27)45/h5-8,10-13,16-17,24H,9,14-15,18-23,25H2,1-4H3,(H,44,46)/b17-16-. The van der Waals surface area contributed by atoms with Crippen LogP contribution in [0.15, 0.2) is 54.6 Å². The number of halogens is 4. The zero-order chi connectivity index (χ0) is 37.2. The highest BCUT2D eigenvalue weighted by Gasteiger charge is 2.26. The van der Waals surface area contributed by atoms with Gasteiger partial charge in [0.05, 0.1) is 43.1 Å². The summed E-state index contributed by atoms with van der Waals surface area (Å²) in [5.74, 6) is -9.72. The molecular weight excluding hydrogens is 668 g/mol. The van der Waals surface area contributed by atoms with Gasteiger partial charge in [0, 0.05) is 25.5 Å². The van der Waals surface area contributed by atoms with E-state index < -0.39 is 52.6 Å². The van der Waals surface area contributed by atoms with Crippen molar-refractivity contribution < 1.29 is 46.2 Å². The van der Waals surface area contributed by atoms with Crippen LogP contribution in [0.3, 0.4) is 0 Å². The SMILES string of the molecule is CC(C)(CCNC(=O)CCCC(=O)N1Cc2ccccc2/C=C\c2ccccc21)OCCC(C)(C)OCCC(=O)Oc1c(F)c(F)cc(F)c1F. The van der Waals surface area contributed by atoms with Crippen LogP contribution in [0, 0.1) is 23.3 Å². The number of nitrogens with zero attached hydrogens (tertiary/aromatic N) is 1. The molecular formula is C39H44F4N2O6. The van der Waals surface area contributed by atoms with E-state index >= 15 is 0 Å². The first kappa shape index (κ1) is 39.2. The fraction of sp³-hybridized carbons (Fsp3) is 0.410. The number of rotatable bonds is 16. The van der Waals surface area contributed by atoms with E-state index in [0.29, 0.717) is 39.0 Å². The predicted molar refractivity (Wildman–Crippen MR) is 186 cm³/mol. The van der Waals surface area contributed by atoms with Gasteiger partial charge in [-0.2, -0.15) is 8.78 Å². The van der Waals surface area contributed by atoms with Crippen LogP contribution in [0.2, 0.25) is 0 Å². The van der Waals surface area contributed by atoms with E-state index in [2.05, 4.69) is 16.1 Å². The van der Waals surface area contributed by atoms with Gasteiger partial charge in [-0.15, -0.1) is 0 Å². The summed E-state index contributed by atoms with van der Waals surface area (Å²) in [6.45, 7) is 8.26. The molecule has 0 radical (unpaired) electrons. The van der Waals surface area contributed by atoms with Crippen molar-refractivity contribution in [3.63, 3.8) is 0 Å². The number of hydrogen-bond donors (Lipinski definition) is 1. The van der Waals surface area contributed by atoms with Crippen LogP contribution in [-0.2, 0) is 30.4 Å². The van der Waals surface area contributed by atoms with Gasteiger partial charge in [-0.1, -0.05) is 54.6 Å². The van der Waals surface area contributed by atoms with E-state index in [1.165, 1.54) is 0 Å². The lowest BCUT2D eigenvalue weighted by Gasteiger charge is -2.30. The third-order valence-electron chi connectivity index (χ3n) is 8.48. The third-order valence-corrected chi connectivity index (χ3v) is 8.48. The Morgan fingerprint density at radius 1 is 0.765 bits per heavy atom. The van der Waals surface area contributed by atoms with Crippen LogP contribution in [0.25, 0.3) is 12.2 Å². The van der Waals surface area contributed by atoms with Gasteiger partial charge in [-0.25, -0.2) is 8.78 Å². The van der Waals surface area contributed by atoms with E-state index in [1.807, 2.05) is 68.5 Å². The average molecular weight is 713 g/mol. The van der Waals surface area contributed by atoms with Gasteiger partial charge in [0.25, 0.3) is 0 Å². The molecule has 0 spiro atoms. The highest BCUT2D eigenvalue weighted by molar-refractivity contribution is 5.97. The summed E-state index contributed by atoms with van der Waals surface area (Å²) in [5.41, 5.74) is 2.57. The van der Waals surface area contributed by atoms with Gasteiger partial charge in [0.15, 0.2) is 11.6 Å².